The number of carbonyl (C=O) groups is 1. The molecule has 0 saturated heterocycles. The summed E-state index contributed by atoms with van der Waals surface area (Å²) in [4.78, 5) is 19.4. The summed E-state index contributed by atoms with van der Waals surface area (Å²) in [6.45, 7) is 1.74. The minimum absolute atomic E-state index is 0.234. The number of nitrogens with one attached hydrogen (secondary N) is 2. The van der Waals surface area contributed by atoms with Crippen molar-refractivity contribution in [3.05, 3.63) is 34.9 Å². The standard InChI is InChI=1S/C9H8ClN5O/c1-5-12-9(15-14-5)13-8(16)6-2-3-7(10)11-4-6/h2-4H,1H3,(H2,12,13,14,15,16). The molecule has 0 aliphatic rings. The molecule has 1 amide bonds. The van der Waals surface area contributed by atoms with Crippen LogP contribution in [0, 0.1) is 6.92 Å². The highest BCUT2D eigenvalue weighted by molar-refractivity contribution is 6.29. The van der Waals surface area contributed by atoms with Crippen molar-refractivity contribution in [2.75, 3.05) is 5.32 Å². The minimum atomic E-state index is -0.330. The van der Waals surface area contributed by atoms with Gasteiger partial charge in [-0.2, -0.15) is 4.98 Å². The molecule has 0 aromatic carbocycles. The fourth-order valence-corrected chi connectivity index (χ4v) is 1.19. The molecule has 2 N–H and O–H groups in total. The number of aromatic nitrogens is 4. The highest BCUT2D eigenvalue weighted by Crippen LogP contribution is 2.07. The molecule has 0 fully saturated rings. The molecule has 0 aliphatic carbocycles. The van der Waals surface area contributed by atoms with E-state index in [2.05, 4.69) is 25.5 Å². The number of anilines is 1. The van der Waals surface area contributed by atoms with E-state index in [9.17, 15) is 4.79 Å². The number of amides is 1. The molecule has 0 spiro atoms. The van der Waals surface area contributed by atoms with Crippen LogP contribution in [0.25, 0.3) is 0 Å². The summed E-state index contributed by atoms with van der Waals surface area (Å²) < 4.78 is 0. The summed E-state index contributed by atoms with van der Waals surface area (Å²) in [6.07, 6.45) is 1.39. The Labute approximate surface area is 96.1 Å². The Kier molecular flexibility index (Phi) is 2.82. The van der Waals surface area contributed by atoms with Gasteiger partial charge in [-0.3, -0.25) is 15.2 Å². The molecule has 2 rings (SSSR count). The van der Waals surface area contributed by atoms with Gasteiger partial charge in [0.25, 0.3) is 5.91 Å². The molecule has 0 bridgehead atoms. The van der Waals surface area contributed by atoms with Gasteiger partial charge < -0.3 is 0 Å². The van der Waals surface area contributed by atoms with Gasteiger partial charge in [0, 0.05) is 6.20 Å². The van der Waals surface area contributed by atoms with Gasteiger partial charge in [0.15, 0.2) is 0 Å². The van der Waals surface area contributed by atoms with Crippen LogP contribution in [0.4, 0.5) is 5.95 Å². The summed E-state index contributed by atoms with van der Waals surface area (Å²) in [6, 6.07) is 3.11. The van der Waals surface area contributed by atoms with Crippen molar-refractivity contribution in [2.45, 2.75) is 6.92 Å². The second kappa shape index (κ2) is 4.28. The number of aromatic amines is 1. The normalized spacial score (nSPS) is 10.1. The minimum Gasteiger partial charge on any atom is -0.289 e. The number of pyridine rings is 1. The third kappa shape index (κ3) is 2.34. The van der Waals surface area contributed by atoms with Crippen molar-refractivity contribution in [3.8, 4) is 0 Å². The molecule has 2 heterocycles. The monoisotopic (exact) mass is 237 g/mol. The summed E-state index contributed by atoms with van der Waals surface area (Å²) in [5.74, 6) is 0.533. The number of halogens is 1. The van der Waals surface area contributed by atoms with Gasteiger partial charge in [0.05, 0.1) is 5.56 Å². The van der Waals surface area contributed by atoms with Crippen molar-refractivity contribution < 1.29 is 4.79 Å². The molecule has 0 atom stereocenters. The molecule has 2 aromatic heterocycles. The predicted octanol–water partition coefficient (Wildman–Crippen LogP) is 1.41. The lowest BCUT2D eigenvalue weighted by atomic mass is 10.3. The number of hydrogen-bond donors (Lipinski definition) is 2. The second-order valence-electron chi connectivity index (χ2n) is 3.07. The lowest BCUT2D eigenvalue weighted by Crippen LogP contribution is -2.13. The molecule has 0 saturated carbocycles. The van der Waals surface area contributed by atoms with E-state index in [1.165, 1.54) is 6.20 Å². The molecule has 82 valence electrons. The van der Waals surface area contributed by atoms with Crippen molar-refractivity contribution in [2.24, 2.45) is 0 Å². The Balaban J connectivity index is 2.11. The summed E-state index contributed by atoms with van der Waals surface area (Å²) in [5.41, 5.74) is 0.395. The topological polar surface area (TPSA) is 83.6 Å². The molecular formula is C9H8ClN5O. The van der Waals surface area contributed by atoms with Gasteiger partial charge >= 0.3 is 0 Å². The third-order valence-corrected chi connectivity index (χ3v) is 2.04. The molecule has 0 unspecified atom stereocenters. The number of H-pyrrole nitrogens is 1. The molecule has 0 aliphatic heterocycles. The lowest BCUT2D eigenvalue weighted by Gasteiger charge is -1.99. The Hall–Kier alpha value is -1.95. The molecular weight excluding hydrogens is 230 g/mol. The van der Waals surface area contributed by atoms with E-state index in [1.807, 2.05) is 0 Å². The highest BCUT2D eigenvalue weighted by atomic mass is 35.5. The van der Waals surface area contributed by atoms with Gasteiger partial charge in [-0.1, -0.05) is 11.6 Å². The smallest absolute Gasteiger partial charge is 0.259 e. The van der Waals surface area contributed by atoms with Gasteiger partial charge in [-0.15, -0.1) is 5.10 Å². The van der Waals surface area contributed by atoms with E-state index < -0.39 is 0 Å². The summed E-state index contributed by atoms with van der Waals surface area (Å²) in [7, 11) is 0. The average molecular weight is 238 g/mol. The molecule has 2 aromatic rings. The van der Waals surface area contributed by atoms with Gasteiger partial charge in [-0.25, -0.2) is 4.98 Å². The highest BCUT2D eigenvalue weighted by Gasteiger charge is 2.08. The van der Waals surface area contributed by atoms with Crippen LogP contribution in [0.2, 0.25) is 5.15 Å². The molecule has 6 nitrogen and oxygen atoms in total. The van der Waals surface area contributed by atoms with Crippen LogP contribution in [0.1, 0.15) is 16.2 Å². The lowest BCUT2D eigenvalue weighted by molar-refractivity contribution is 0.102. The zero-order valence-corrected chi connectivity index (χ0v) is 9.12. The second-order valence-corrected chi connectivity index (χ2v) is 3.46. The van der Waals surface area contributed by atoms with E-state index in [0.717, 1.165) is 0 Å². The predicted molar refractivity (Wildman–Crippen MR) is 58.3 cm³/mol. The number of nitrogens with zero attached hydrogens (tertiary/aromatic N) is 3. The van der Waals surface area contributed by atoms with Crippen LogP contribution >= 0.6 is 11.6 Å². The Morgan fingerprint density at radius 2 is 2.31 bits per heavy atom. The van der Waals surface area contributed by atoms with E-state index in [4.69, 9.17) is 11.6 Å². The van der Waals surface area contributed by atoms with E-state index >= 15 is 0 Å². The Morgan fingerprint density at radius 3 is 2.88 bits per heavy atom. The first-order chi connectivity index (χ1) is 7.65. The van der Waals surface area contributed by atoms with Crippen molar-refractivity contribution in [1.82, 2.24) is 20.2 Å². The molecule has 0 radical (unpaired) electrons. The first-order valence-electron chi connectivity index (χ1n) is 4.47. The van der Waals surface area contributed by atoms with Crippen LogP contribution < -0.4 is 5.32 Å². The fraction of sp³-hybridized carbons (Fsp3) is 0.111. The quantitative estimate of drug-likeness (QED) is 0.774. The van der Waals surface area contributed by atoms with Crippen molar-refractivity contribution in [3.63, 3.8) is 0 Å². The maximum absolute atomic E-state index is 11.6. The van der Waals surface area contributed by atoms with Gasteiger partial charge in [0.2, 0.25) is 5.95 Å². The number of rotatable bonds is 2. The molecule has 7 heteroatoms. The fourth-order valence-electron chi connectivity index (χ4n) is 1.08. The first kappa shape index (κ1) is 10.6. The Morgan fingerprint density at radius 1 is 1.50 bits per heavy atom. The van der Waals surface area contributed by atoms with E-state index in [-0.39, 0.29) is 11.9 Å². The SMILES string of the molecule is Cc1nc(NC(=O)c2ccc(Cl)nc2)n[nH]1. The van der Waals surface area contributed by atoms with Gasteiger partial charge in [0.1, 0.15) is 11.0 Å². The third-order valence-electron chi connectivity index (χ3n) is 1.81. The average Bonchev–Trinajstić information content (AvgIpc) is 2.65. The number of carbonyl (C=O) groups excluding carboxylic acids is 1. The Bertz CT molecular complexity index is 507. The van der Waals surface area contributed by atoms with Gasteiger partial charge in [-0.05, 0) is 19.1 Å². The van der Waals surface area contributed by atoms with E-state index in [1.54, 1.807) is 19.1 Å². The summed E-state index contributed by atoms with van der Waals surface area (Å²) >= 11 is 5.61. The number of aryl methyl sites for hydroxylation is 1. The van der Waals surface area contributed by atoms with Crippen LogP contribution in [0.5, 0.6) is 0 Å². The largest absolute Gasteiger partial charge is 0.289 e. The van der Waals surface area contributed by atoms with Crippen LogP contribution in [-0.4, -0.2) is 26.1 Å². The zero-order chi connectivity index (χ0) is 11.5. The zero-order valence-electron chi connectivity index (χ0n) is 8.36. The number of hydrogen-bond acceptors (Lipinski definition) is 4. The maximum Gasteiger partial charge on any atom is 0.259 e. The van der Waals surface area contributed by atoms with Crippen molar-refractivity contribution >= 4 is 23.5 Å². The van der Waals surface area contributed by atoms with Crippen molar-refractivity contribution in [1.29, 1.82) is 0 Å². The first-order valence-corrected chi connectivity index (χ1v) is 4.85. The summed E-state index contributed by atoms with van der Waals surface area (Å²) in [5, 5.41) is 9.27. The maximum atomic E-state index is 11.6. The van der Waals surface area contributed by atoms with Crippen LogP contribution in [0.3, 0.4) is 0 Å². The van der Waals surface area contributed by atoms with Crippen LogP contribution in [0.15, 0.2) is 18.3 Å². The van der Waals surface area contributed by atoms with Crippen LogP contribution in [-0.2, 0) is 0 Å². The molecule has 16 heavy (non-hydrogen) atoms. The van der Waals surface area contributed by atoms with E-state index in [0.29, 0.717) is 16.5 Å².